The van der Waals surface area contributed by atoms with E-state index < -0.39 is 0 Å². The van der Waals surface area contributed by atoms with Crippen LogP contribution < -0.4 is 10.1 Å². The van der Waals surface area contributed by atoms with Crippen LogP contribution in [0.3, 0.4) is 0 Å². The van der Waals surface area contributed by atoms with Gasteiger partial charge in [0.2, 0.25) is 0 Å². The average molecular weight is 451 g/mol. The minimum atomic E-state index is -0.298. The van der Waals surface area contributed by atoms with Crippen molar-refractivity contribution in [2.24, 2.45) is 4.99 Å². The molecule has 1 atom stereocenters. The van der Waals surface area contributed by atoms with Crippen molar-refractivity contribution in [2.75, 3.05) is 51.3 Å². The Morgan fingerprint density at radius 1 is 1.24 bits per heavy atom. The molecular formula is C24H27FN6O2. The first kappa shape index (κ1) is 21.5. The topological polar surface area (TPSA) is 76.3 Å². The lowest BCUT2D eigenvalue weighted by Gasteiger charge is -2.26. The number of nitrogens with one attached hydrogen (secondary N) is 1. The number of benzene rings is 1. The summed E-state index contributed by atoms with van der Waals surface area (Å²) in [6.07, 6.45) is 7.55. The Labute approximate surface area is 191 Å². The van der Waals surface area contributed by atoms with Gasteiger partial charge in [0, 0.05) is 48.7 Å². The lowest BCUT2D eigenvalue weighted by Crippen LogP contribution is -2.38. The van der Waals surface area contributed by atoms with Crippen molar-refractivity contribution >= 4 is 23.3 Å². The minimum absolute atomic E-state index is 0.215. The van der Waals surface area contributed by atoms with Gasteiger partial charge in [0.1, 0.15) is 24.0 Å². The van der Waals surface area contributed by atoms with Gasteiger partial charge in [-0.15, -0.1) is 0 Å². The molecule has 0 aliphatic carbocycles. The van der Waals surface area contributed by atoms with Gasteiger partial charge < -0.3 is 14.8 Å². The maximum absolute atomic E-state index is 14.1. The molecule has 5 rings (SSSR count). The summed E-state index contributed by atoms with van der Waals surface area (Å²) in [7, 11) is 0. The summed E-state index contributed by atoms with van der Waals surface area (Å²) in [6, 6.07) is 6.28. The number of aliphatic imine (C=N–C) groups is 1. The molecule has 33 heavy (non-hydrogen) atoms. The number of nitrogens with zero attached hydrogens (tertiary/aromatic N) is 5. The standard InChI is InChI=1S/C24H27FN6O2/c1-17(20-14-19(25)2-3-22(20)33-13-10-30-8-11-32-12-9-30)28-23-5-7-31-24(29-23)21(16-27-31)18-4-6-26-15-18/h2-5,7,14-17H,6,8-13H2,1H3,(H,28,29). The van der Waals surface area contributed by atoms with Crippen LogP contribution in [0.2, 0.25) is 0 Å². The lowest BCUT2D eigenvalue weighted by atomic mass is 10.1. The fraction of sp³-hybridized carbons (Fsp3) is 0.375. The highest BCUT2D eigenvalue weighted by atomic mass is 19.1. The first-order valence-corrected chi connectivity index (χ1v) is 11.2. The molecule has 2 aromatic heterocycles. The fourth-order valence-electron chi connectivity index (χ4n) is 4.09. The Morgan fingerprint density at radius 3 is 2.94 bits per heavy atom. The fourth-order valence-corrected chi connectivity index (χ4v) is 4.09. The monoisotopic (exact) mass is 450 g/mol. The number of ether oxygens (including phenoxy) is 2. The molecule has 3 aromatic rings. The highest BCUT2D eigenvalue weighted by Crippen LogP contribution is 2.29. The summed E-state index contributed by atoms with van der Waals surface area (Å²) in [5.74, 6) is 1.05. The van der Waals surface area contributed by atoms with Crippen molar-refractivity contribution in [2.45, 2.75) is 13.0 Å². The Bertz CT molecular complexity index is 1180. The van der Waals surface area contributed by atoms with E-state index in [1.54, 1.807) is 16.8 Å². The van der Waals surface area contributed by atoms with Crippen molar-refractivity contribution < 1.29 is 13.9 Å². The number of aromatic nitrogens is 3. The van der Waals surface area contributed by atoms with Crippen LogP contribution in [0.4, 0.5) is 10.2 Å². The van der Waals surface area contributed by atoms with Crippen molar-refractivity contribution in [1.29, 1.82) is 0 Å². The van der Waals surface area contributed by atoms with E-state index in [1.807, 2.05) is 25.4 Å². The van der Waals surface area contributed by atoms with Gasteiger partial charge in [-0.2, -0.15) is 5.10 Å². The van der Waals surface area contributed by atoms with Gasteiger partial charge >= 0.3 is 0 Å². The van der Waals surface area contributed by atoms with E-state index in [9.17, 15) is 4.39 Å². The molecule has 0 radical (unpaired) electrons. The zero-order valence-electron chi connectivity index (χ0n) is 18.6. The maximum atomic E-state index is 14.1. The van der Waals surface area contributed by atoms with E-state index >= 15 is 0 Å². The van der Waals surface area contributed by atoms with E-state index in [0.29, 0.717) is 24.7 Å². The Kier molecular flexibility index (Phi) is 6.32. The molecule has 1 N–H and O–H groups in total. The van der Waals surface area contributed by atoms with E-state index in [1.165, 1.54) is 12.1 Å². The highest BCUT2D eigenvalue weighted by molar-refractivity contribution is 6.13. The van der Waals surface area contributed by atoms with Gasteiger partial charge in [-0.3, -0.25) is 9.89 Å². The van der Waals surface area contributed by atoms with Crippen LogP contribution in [0.1, 0.15) is 24.1 Å². The van der Waals surface area contributed by atoms with E-state index in [0.717, 1.165) is 55.2 Å². The van der Waals surface area contributed by atoms with E-state index in [4.69, 9.17) is 14.5 Å². The summed E-state index contributed by atoms with van der Waals surface area (Å²) >= 11 is 0. The third kappa shape index (κ3) is 4.89. The largest absolute Gasteiger partial charge is 0.492 e. The molecule has 1 unspecified atom stereocenters. The first-order valence-electron chi connectivity index (χ1n) is 11.2. The van der Waals surface area contributed by atoms with E-state index in [-0.39, 0.29) is 11.9 Å². The van der Waals surface area contributed by atoms with Crippen molar-refractivity contribution in [3.8, 4) is 5.75 Å². The summed E-state index contributed by atoms with van der Waals surface area (Å²) in [5, 5.41) is 7.77. The zero-order chi connectivity index (χ0) is 22.6. The molecule has 2 aliphatic rings. The molecule has 1 aromatic carbocycles. The average Bonchev–Trinajstić information content (AvgIpc) is 3.50. The summed E-state index contributed by atoms with van der Waals surface area (Å²) in [4.78, 5) is 11.3. The van der Waals surface area contributed by atoms with Crippen molar-refractivity contribution in [3.63, 3.8) is 0 Å². The summed E-state index contributed by atoms with van der Waals surface area (Å²) in [6.45, 7) is 7.31. The number of hydrogen-bond donors (Lipinski definition) is 1. The predicted molar refractivity (Wildman–Crippen MR) is 126 cm³/mol. The smallest absolute Gasteiger partial charge is 0.165 e. The molecule has 1 saturated heterocycles. The zero-order valence-corrected chi connectivity index (χ0v) is 18.6. The van der Waals surface area contributed by atoms with Gasteiger partial charge in [-0.25, -0.2) is 13.9 Å². The lowest BCUT2D eigenvalue weighted by molar-refractivity contribution is 0.0322. The molecule has 0 spiro atoms. The Hall–Kier alpha value is -3.30. The third-order valence-electron chi connectivity index (χ3n) is 5.90. The maximum Gasteiger partial charge on any atom is 0.165 e. The molecule has 172 valence electrons. The van der Waals surface area contributed by atoms with Crippen molar-refractivity contribution in [1.82, 2.24) is 19.5 Å². The first-order chi connectivity index (χ1) is 16.2. The van der Waals surface area contributed by atoms with Crippen LogP contribution in [0.25, 0.3) is 11.2 Å². The Morgan fingerprint density at radius 2 is 2.12 bits per heavy atom. The van der Waals surface area contributed by atoms with Crippen LogP contribution in [-0.4, -0.2) is 71.7 Å². The number of allylic oxidation sites excluding steroid dienone is 1. The third-order valence-corrected chi connectivity index (χ3v) is 5.90. The molecular weight excluding hydrogens is 423 g/mol. The van der Waals surface area contributed by atoms with Gasteiger partial charge in [-0.1, -0.05) is 6.08 Å². The Balaban J connectivity index is 1.31. The molecule has 1 fully saturated rings. The van der Waals surface area contributed by atoms with Crippen LogP contribution >= 0.6 is 0 Å². The molecule has 9 heteroatoms. The number of anilines is 1. The summed E-state index contributed by atoms with van der Waals surface area (Å²) < 4.78 is 27.3. The SMILES string of the molecule is CC(Nc1ccn2ncc(C3=CCN=C3)c2n1)c1cc(F)ccc1OCCN1CCOCC1. The molecule has 8 nitrogen and oxygen atoms in total. The predicted octanol–water partition coefficient (Wildman–Crippen LogP) is 3.22. The highest BCUT2D eigenvalue weighted by Gasteiger charge is 2.17. The number of halogens is 1. The van der Waals surface area contributed by atoms with Crippen molar-refractivity contribution in [3.05, 3.63) is 59.7 Å². The van der Waals surface area contributed by atoms with E-state index in [2.05, 4.69) is 26.4 Å². The van der Waals surface area contributed by atoms with Crippen LogP contribution in [0.15, 0.2) is 47.7 Å². The quantitative estimate of drug-likeness (QED) is 0.568. The van der Waals surface area contributed by atoms with Gasteiger partial charge in [0.05, 0.1) is 32.0 Å². The normalized spacial score (nSPS) is 17.3. The van der Waals surface area contributed by atoms with Gasteiger partial charge in [-0.05, 0) is 31.2 Å². The number of fused-ring (bicyclic) bond motifs is 1. The van der Waals surface area contributed by atoms with Crippen LogP contribution in [-0.2, 0) is 4.74 Å². The second-order valence-corrected chi connectivity index (χ2v) is 8.14. The summed E-state index contributed by atoms with van der Waals surface area (Å²) in [5.41, 5.74) is 3.44. The molecule has 0 bridgehead atoms. The van der Waals surface area contributed by atoms with Crippen LogP contribution in [0, 0.1) is 5.82 Å². The van der Waals surface area contributed by atoms with Gasteiger partial charge in [0.25, 0.3) is 0 Å². The minimum Gasteiger partial charge on any atom is -0.492 e. The second-order valence-electron chi connectivity index (χ2n) is 8.14. The molecule has 2 aliphatic heterocycles. The number of hydrogen-bond acceptors (Lipinski definition) is 7. The second kappa shape index (κ2) is 9.68. The molecule has 0 amide bonds. The number of morpholine rings is 1. The van der Waals surface area contributed by atoms with Crippen LogP contribution in [0.5, 0.6) is 5.75 Å². The number of rotatable bonds is 8. The van der Waals surface area contributed by atoms with Gasteiger partial charge in [0.15, 0.2) is 5.65 Å². The molecule has 0 saturated carbocycles. The molecule has 4 heterocycles.